The Labute approximate surface area is 102 Å². The summed E-state index contributed by atoms with van der Waals surface area (Å²) >= 11 is 0. The molecule has 0 spiro atoms. The van der Waals surface area contributed by atoms with Crippen LogP contribution in [0.15, 0.2) is 45.4 Å². The quantitative estimate of drug-likeness (QED) is 0.647. The Morgan fingerprint density at radius 2 is 2.22 bits per heavy atom. The number of carbonyl (C=O) groups excluding carboxylic acids is 1. The van der Waals surface area contributed by atoms with E-state index in [0.29, 0.717) is 11.1 Å². The van der Waals surface area contributed by atoms with Crippen LogP contribution >= 0.6 is 0 Å². The van der Waals surface area contributed by atoms with Crippen LogP contribution in [0.3, 0.4) is 0 Å². The van der Waals surface area contributed by atoms with Crippen molar-refractivity contribution in [1.82, 2.24) is 4.98 Å². The Balaban J connectivity index is 2.10. The van der Waals surface area contributed by atoms with Crippen LogP contribution < -0.4 is 0 Å². The van der Waals surface area contributed by atoms with Crippen molar-refractivity contribution in [3.8, 4) is 11.3 Å². The molecule has 18 heavy (non-hydrogen) atoms. The molecule has 0 aliphatic rings. The molecule has 2 heterocycles. The van der Waals surface area contributed by atoms with Crippen LogP contribution in [0.5, 0.6) is 0 Å². The third-order valence-electron chi connectivity index (χ3n) is 2.55. The van der Waals surface area contributed by atoms with Gasteiger partial charge in [-0.25, -0.2) is 9.78 Å². The van der Waals surface area contributed by atoms with Crippen LogP contribution in [0.25, 0.3) is 22.4 Å². The molecular formula is C13H9NO4. The fourth-order valence-corrected chi connectivity index (χ4v) is 1.70. The summed E-state index contributed by atoms with van der Waals surface area (Å²) in [5.41, 5.74) is 1.99. The highest BCUT2D eigenvalue weighted by atomic mass is 16.5. The summed E-state index contributed by atoms with van der Waals surface area (Å²) in [6.45, 7) is 0. The zero-order valence-electron chi connectivity index (χ0n) is 9.54. The first-order chi connectivity index (χ1) is 8.78. The number of ether oxygens (including phenoxy) is 1. The molecule has 0 unspecified atom stereocenters. The maximum Gasteiger partial charge on any atom is 0.394 e. The van der Waals surface area contributed by atoms with E-state index in [0.717, 1.165) is 11.3 Å². The average molecular weight is 243 g/mol. The zero-order valence-corrected chi connectivity index (χ0v) is 9.54. The van der Waals surface area contributed by atoms with Gasteiger partial charge < -0.3 is 13.6 Å². The first-order valence-electron chi connectivity index (χ1n) is 5.31. The van der Waals surface area contributed by atoms with Gasteiger partial charge in [0.2, 0.25) is 0 Å². The molecule has 2 aromatic heterocycles. The van der Waals surface area contributed by atoms with E-state index in [9.17, 15) is 4.79 Å². The van der Waals surface area contributed by atoms with Gasteiger partial charge in [0.05, 0.1) is 13.4 Å². The third kappa shape index (κ3) is 1.66. The molecule has 0 saturated heterocycles. The van der Waals surface area contributed by atoms with Gasteiger partial charge >= 0.3 is 11.9 Å². The maximum absolute atomic E-state index is 11.3. The van der Waals surface area contributed by atoms with Crippen LogP contribution in [0, 0.1) is 0 Å². The van der Waals surface area contributed by atoms with E-state index < -0.39 is 5.97 Å². The summed E-state index contributed by atoms with van der Waals surface area (Å²) < 4.78 is 15.1. The Morgan fingerprint density at radius 3 is 2.94 bits per heavy atom. The van der Waals surface area contributed by atoms with E-state index in [-0.39, 0.29) is 5.89 Å². The van der Waals surface area contributed by atoms with E-state index in [4.69, 9.17) is 8.83 Å². The molecule has 0 atom stereocenters. The van der Waals surface area contributed by atoms with Crippen molar-refractivity contribution in [3.63, 3.8) is 0 Å². The number of hydrogen-bond donors (Lipinski definition) is 0. The minimum absolute atomic E-state index is 0.0518. The topological polar surface area (TPSA) is 65.5 Å². The number of aromatic nitrogens is 1. The van der Waals surface area contributed by atoms with Crippen molar-refractivity contribution in [2.45, 2.75) is 0 Å². The minimum Gasteiger partial charge on any atom is -0.464 e. The highest BCUT2D eigenvalue weighted by molar-refractivity contribution is 5.89. The predicted molar refractivity (Wildman–Crippen MR) is 63.1 cm³/mol. The Morgan fingerprint density at radius 1 is 1.33 bits per heavy atom. The fraction of sp³-hybridized carbons (Fsp3) is 0.0769. The lowest BCUT2D eigenvalue weighted by Gasteiger charge is -1.94. The number of hydrogen-bond acceptors (Lipinski definition) is 5. The lowest BCUT2D eigenvalue weighted by Crippen LogP contribution is -2.00. The van der Waals surface area contributed by atoms with Gasteiger partial charge in [0.1, 0.15) is 11.3 Å². The molecule has 5 nitrogen and oxygen atoms in total. The third-order valence-corrected chi connectivity index (χ3v) is 2.55. The smallest absolute Gasteiger partial charge is 0.394 e. The second kappa shape index (κ2) is 4.03. The average Bonchev–Trinajstić information content (AvgIpc) is 3.05. The van der Waals surface area contributed by atoms with Crippen molar-refractivity contribution in [2.75, 3.05) is 7.11 Å². The molecule has 3 aromatic rings. The maximum atomic E-state index is 11.3. The first-order valence-corrected chi connectivity index (χ1v) is 5.31. The summed E-state index contributed by atoms with van der Waals surface area (Å²) in [6.07, 6.45) is 1.60. The molecule has 0 N–H and O–H groups in total. The second-order valence-corrected chi connectivity index (χ2v) is 3.67. The first kappa shape index (κ1) is 10.6. The number of oxazole rings is 1. The van der Waals surface area contributed by atoms with E-state index in [1.54, 1.807) is 18.4 Å². The molecule has 3 rings (SSSR count). The number of esters is 1. The largest absolute Gasteiger partial charge is 0.464 e. The van der Waals surface area contributed by atoms with E-state index >= 15 is 0 Å². The van der Waals surface area contributed by atoms with Gasteiger partial charge in [-0.05, 0) is 30.3 Å². The second-order valence-electron chi connectivity index (χ2n) is 3.67. The number of rotatable bonds is 2. The summed E-state index contributed by atoms with van der Waals surface area (Å²) in [7, 11) is 1.28. The minimum atomic E-state index is -0.592. The molecule has 5 heteroatoms. The number of furan rings is 1. The van der Waals surface area contributed by atoms with E-state index in [2.05, 4.69) is 9.72 Å². The van der Waals surface area contributed by atoms with Crippen molar-refractivity contribution in [2.24, 2.45) is 0 Å². The molecule has 0 amide bonds. The fourth-order valence-electron chi connectivity index (χ4n) is 1.70. The van der Waals surface area contributed by atoms with E-state index in [1.165, 1.54) is 7.11 Å². The highest BCUT2D eigenvalue weighted by Gasteiger charge is 2.15. The number of nitrogens with zero attached hydrogens (tertiary/aromatic N) is 1. The van der Waals surface area contributed by atoms with Gasteiger partial charge in [0, 0.05) is 5.56 Å². The monoisotopic (exact) mass is 243 g/mol. The molecule has 1 aromatic carbocycles. The van der Waals surface area contributed by atoms with Gasteiger partial charge in [-0.2, -0.15) is 0 Å². The standard InChI is InChI=1S/C13H9NO4/c1-16-13(15)12-14-9-7-8(4-5-11(9)18-12)10-3-2-6-17-10/h2-7H,1H3. The zero-order chi connectivity index (χ0) is 12.5. The number of fused-ring (bicyclic) bond motifs is 1. The molecular weight excluding hydrogens is 234 g/mol. The van der Waals surface area contributed by atoms with Crippen molar-refractivity contribution in [3.05, 3.63) is 42.5 Å². The Hall–Kier alpha value is -2.56. The van der Waals surface area contributed by atoms with Crippen LogP contribution in [0.1, 0.15) is 10.7 Å². The molecule has 0 aliphatic heterocycles. The van der Waals surface area contributed by atoms with Crippen molar-refractivity contribution >= 4 is 17.1 Å². The van der Waals surface area contributed by atoms with Gasteiger partial charge in [0.15, 0.2) is 5.58 Å². The predicted octanol–water partition coefficient (Wildman–Crippen LogP) is 2.87. The highest BCUT2D eigenvalue weighted by Crippen LogP contribution is 2.25. The Kier molecular flexibility index (Phi) is 2.37. The molecule has 90 valence electrons. The normalized spacial score (nSPS) is 10.7. The SMILES string of the molecule is COC(=O)c1nc2cc(-c3ccco3)ccc2o1. The summed E-state index contributed by atoms with van der Waals surface area (Å²) in [5, 5.41) is 0. The summed E-state index contributed by atoms with van der Waals surface area (Å²) in [4.78, 5) is 15.4. The van der Waals surface area contributed by atoms with Gasteiger partial charge in [-0.3, -0.25) is 0 Å². The molecule has 0 saturated carbocycles. The number of methoxy groups -OCH3 is 1. The van der Waals surface area contributed by atoms with Crippen LogP contribution in [0.4, 0.5) is 0 Å². The van der Waals surface area contributed by atoms with E-state index in [1.807, 2.05) is 18.2 Å². The van der Waals surface area contributed by atoms with Crippen molar-refractivity contribution < 1.29 is 18.4 Å². The van der Waals surface area contributed by atoms with Crippen LogP contribution in [-0.2, 0) is 4.74 Å². The number of carbonyl (C=O) groups is 1. The molecule has 0 radical (unpaired) electrons. The van der Waals surface area contributed by atoms with Crippen LogP contribution in [0.2, 0.25) is 0 Å². The van der Waals surface area contributed by atoms with Crippen molar-refractivity contribution in [1.29, 1.82) is 0 Å². The lowest BCUT2D eigenvalue weighted by molar-refractivity contribution is 0.0558. The summed E-state index contributed by atoms with van der Waals surface area (Å²) in [6, 6.07) is 9.04. The van der Waals surface area contributed by atoms with Gasteiger partial charge in [-0.1, -0.05) is 0 Å². The van der Waals surface area contributed by atoms with Gasteiger partial charge in [-0.15, -0.1) is 0 Å². The molecule has 0 aliphatic carbocycles. The van der Waals surface area contributed by atoms with Crippen LogP contribution in [-0.4, -0.2) is 18.1 Å². The van der Waals surface area contributed by atoms with Gasteiger partial charge in [0.25, 0.3) is 0 Å². The molecule has 0 fully saturated rings. The summed E-state index contributed by atoms with van der Waals surface area (Å²) in [5.74, 6) is 0.0920. The number of benzene rings is 1. The lowest BCUT2D eigenvalue weighted by atomic mass is 10.1. The Bertz CT molecular complexity index is 697. The molecule has 0 bridgehead atoms.